The number of likely N-dealkylation sites (tertiary alicyclic amines) is 1. The SMILES string of the molecule is CC[C@H](C)[C@H]1C(=O)N[C@H](C(=O)N2CCCCC2)CS(=O)(=O)CC(=O)N(C)[C@@H](C)C(=O)N(C)[C@@H](Cc2ccccc2)C(=O)N(C)C(CC(C)C)C(=O)N[C@@H]([C@@H](C)O)C(=O)N(C)CC(=O)N(C)[C@@H](CC(C)C)C(=O)N[C@@H](COC(C)(C)C)C(=O)N1C. The standard InChI is InChI=1S/C59H98N10O14S/c1-18-38(6)50-53(75)61-43(56(78)69-27-23-20-24-28-69)34-84(81,82)35-48(72)64(13)39(7)54(76)67(16)46(31-41-25-21-19-22-26-41)57(79)66(15)45(30-37(4)5)52(74)62-49(40(8)70)58(80)63(12)32-47(71)65(14)44(29-36(2)3)51(73)60-42(55(77)68(50)17)33-83-59(9,10)11/h19,21-22,25-26,36-40,42-46,49-50,70H,18,20,23-24,27-35H2,1-17H3,(H,60,73)(H,61,75)(H,62,74)/t38-,39-,40+,42-,43-,44-,45?,46-,49-,50-/m0/s1. The summed E-state index contributed by atoms with van der Waals surface area (Å²) < 4.78 is 34.7. The predicted molar refractivity (Wildman–Crippen MR) is 317 cm³/mol. The molecule has 0 bridgehead atoms. The number of carbonyl (C=O) groups is 10. The molecule has 0 spiro atoms. The highest BCUT2D eigenvalue weighted by molar-refractivity contribution is 7.92. The quantitative estimate of drug-likeness (QED) is 0.228. The number of amides is 10. The van der Waals surface area contributed by atoms with Gasteiger partial charge in [0, 0.05) is 61.8 Å². The van der Waals surface area contributed by atoms with Crippen LogP contribution >= 0.6 is 0 Å². The third-order valence-corrected chi connectivity index (χ3v) is 17.3. The number of aliphatic hydroxyl groups excluding tert-OH is 1. The molecule has 3 rings (SSSR count). The first-order valence-corrected chi connectivity index (χ1v) is 31.1. The zero-order chi connectivity index (χ0) is 63.9. The summed E-state index contributed by atoms with van der Waals surface area (Å²) in [7, 11) is 3.30. The van der Waals surface area contributed by atoms with Gasteiger partial charge in [-0.2, -0.15) is 0 Å². The lowest BCUT2D eigenvalue weighted by Gasteiger charge is -2.38. The predicted octanol–water partition coefficient (Wildman–Crippen LogP) is 1.07. The molecule has 474 valence electrons. The average molecular weight is 1200 g/mol. The minimum atomic E-state index is -4.62. The van der Waals surface area contributed by atoms with E-state index in [4.69, 9.17) is 4.74 Å². The van der Waals surface area contributed by atoms with Crippen LogP contribution in [0.25, 0.3) is 0 Å². The molecule has 10 amide bonds. The molecule has 0 saturated carbocycles. The Kier molecular flexibility index (Phi) is 27.3. The molecule has 0 radical (unpaired) electrons. The molecule has 1 aromatic carbocycles. The molecule has 25 heteroatoms. The summed E-state index contributed by atoms with van der Waals surface area (Å²) in [6.07, 6.45) is 0.861. The fourth-order valence-electron chi connectivity index (χ4n) is 10.2. The molecule has 0 aliphatic carbocycles. The van der Waals surface area contributed by atoms with Crippen LogP contribution in [0.15, 0.2) is 30.3 Å². The molecular formula is C59H98N10O14S. The minimum Gasteiger partial charge on any atom is -0.391 e. The summed E-state index contributed by atoms with van der Waals surface area (Å²) in [4.78, 5) is 154. The van der Waals surface area contributed by atoms with Gasteiger partial charge in [-0.3, -0.25) is 47.9 Å². The van der Waals surface area contributed by atoms with Gasteiger partial charge in [0.25, 0.3) is 0 Å². The second-order valence-corrected chi connectivity index (χ2v) is 26.9. The van der Waals surface area contributed by atoms with E-state index in [1.807, 2.05) is 27.7 Å². The van der Waals surface area contributed by atoms with E-state index in [-0.39, 0.29) is 44.2 Å². The van der Waals surface area contributed by atoms with Crippen molar-refractivity contribution in [3.05, 3.63) is 35.9 Å². The van der Waals surface area contributed by atoms with Crippen LogP contribution in [0.3, 0.4) is 0 Å². The Labute approximate surface area is 498 Å². The second kappa shape index (κ2) is 31.8. The number of piperidine rings is 1. The van der Waals surface area contributed by atoms with Crippen molar-refractivity contribution in [1.29, 1.82) is 0 Å². The molecular weight excluding hydrogens is 1100 g/mol. The van der Waals surface area contributed by atoms with Crippen molar-refractivity contribution in [2.24, 2.45) is 17.8 Å². The van der Waals surface area contributed by atoms with E-state index in [0.29, 0.717) is 24.8 Å². The fraction of sp³-hybridized carbons (Fsp3) is 0.729. The van der Waals surface area contributed by atoms with Gasteiger partial charge in [0.15, 0.2) is 9.84 Å². The summed E-state index contributed by atoms with van der Waals surface area (Å²) in [5.74, 6) is -11.5. The van der Waals surface area contributed by atoms with E-state index < -0.39 is 160 Å². The number of hydrogen-bond donors (Lipinski definition) is 4. The first-order valence-electron chi connectivity index (χ1n) is 29.3. The third kappa shape index (κ3) is 20.5. The number of rotatable bonds is 12. The zero-order valence-corrected chi connectivity index (χ0v) is 53.6. The van der Waals surface area contributed by atoms with E-state index in [2.05, 4.69) is 16.0 Å². The zero-order valence-electron chi connectivity index (χ0n) is 52.8. The van der Waals surface area contributed by atoms with Crippen molar-refractivity contribution >= 4 is 68.9 Å². The second-order valence-electron chi connectivity index (χ2n) is 24.8. The molecule has 2 heterocycles. The maximum absolute atomic E-state index is 15.0. The van der Waals surface area contributed by atoms with Crippen LogP contribution < -0.4 is 16.0 Å². The molecule has 2 saturated heterocycles. The minimum absolute atomic E-state index is 0.0444. The molecule has 1 aromatic rings. The van der Waals surface area contributed by atoms with Gasteiger partial charge in [0.2, 0.25) is 59.1 Å². The highest BCUT2D eigenvalue weighted by Crippen LogP contribution is 2.22. The molecule has 24 nitrogen and oxygen atoms in total. The highest BCUT2D eigenvalue weighted by Gasteiger charge is 2.43. The summed E-state index contributed by atoms with van der Waals surface area (Å²) in [6.45, 7) is 18.0. The van der Waals surface area contributed by atoms with Gasteiger partial charge in [-0.05, 0) is 90.0 Å². The number of aliphatic hydroxyl groups is 1. The number of ether oxygens (including phenoxy) is 1. The van der Waals surface area contributed by atoms with Gasteiger partial charge < -0.3 is 60.1 Å². The number of sulfone groups is 1. The van der Waals surface area contributed by atoms with Crippen LogP contribution in [-0.4, -0.2) is 247 Å². The first kappa shape index (κ1) is 72.1. The summed E-state index contributed by atoms with van der Waals surface area (Å²) in [6, 6.07) is -2.78. The van der Waals surface area contributed by atoms with Gasteiger partial charge in [0.1, 0.15) is 54.1 Å². The van der Waals surface area contributed by atoms with Crippen LogP contribution in [0.4, 0.5) is 0 Å². The molecule has 2 fully saturated rings. The van der Waals surface area contributed by atoms with Crippen molar-refractivity contribution in [3.63, 3.8) is 0 Å². The van der Waals surface area contributed by atoms with Crippen LogP contribution in [0.1, 0.15) is 120 Å². The number of likely N-dealkylation sites (N-methyl/N-ethyl adjacent to an activating group) is 6. The van der Waals surface area contributed by atoms with Crippen molar-refractivity contribution in [2.75, 3.05) is 80.0 Å². The summed E-state index contributed by atoms with van der Waals surface area (Å²) in [5, 5.41) is 19.1. The topological polar surface area (TPSA) is 293 Å². The van der Waals surface area contributed by atoms with Crippen molar-refractivity contribution in [2.45, 2.75) is 181 Å². The Hall–Kier alpha value is -6.21. The maximum atomic E-state index is 15.0. The lowest BCUT2D eigenvalue weighted by atomic mass is 9.95. The van der Waals surface area contributed by atoms with Gasteiger partial charge in [-0.25, -0.2) is 8.42 Å². The van der Waals surface area contributed by atoms with Gasteiger partial charge >= 0.3 is 0 Å². The lowest BCUT2D eigenvalue weighted by Crippen LogP contribution is -2.62. The monoisotopic (exact) mass is 1200 g/mol. The Morgan fingerprint density at radius 2 is 1.20 bits per heavy atom. The van der Waals surface area contributed by atoms with Crippen LogP contribution in [0, 0.1) is 17.8 Å². The van der Waals surface area contributed by atoms with E-state index in [1.54, 1.807) is 65.0 Å². The number of carbonyl (C=O) groups excluding carboxylic acids is 10. The number of nitrogens with zero attached hydrogens (tertiary/aromatic N) is 7. The average Bonchev–Trinajstić information content (AvgIpc) is 3.50. The van der Waals surface area contributed by atoms with Crippen molar-refractivity contribution < 1.29 is 66.2 Å². The van der Waals surface area contributed by atoms with Gasteiger partial charge in [0.05, 0.1) is 30.6 Å². The van der Waals surface area contributed by atoms with Crippen LogP contribution in [-0.2, 0) is 68.9 Å². The number of nitrogens with one attached hydrogen (secondary N) is 3. The smallest absolute Gasteiger partial charge is 0.248 e. The number of benzene rings is 1. The van der Waals surface area contributed by atoms with E-state index in [0.717, 1.165) is 35.8 Å². The molecule has 2 aliphatic rings. The normalized spacial score (nSPS) is 26.3. The molecule has 0 aromatic heterocycles. The Bertz CT molecular complexity index is 2570. The molecule has 4 N–H and O–H groups in total. The molecule has 2 aliphatic heterocycles. The Morgan fingerprint density at radius 1 is 0.667 bits per heavy atom. The van der Waals surface area contributed by atoms with E-state index in [1.165, 1.54) is 61.0 Å². The van der Waals surface area contributed by atoms with Crippen molar-refractivity contribution in [3.8, 4) is 0 Å². The molecule has 1 unspecified atom stereocenters. The van der Waals surface area contributed by atoms with Gasteiger partial charge in [-0.15, -0.1) is 0 Å². The maximum Gasteiger partial charge on any atom is 0.248 e. The van der Waals surface area contributed by atoms with E-state index in [9.17, 15) is 61.5 Å². The Balaban J connectivity index is 2.31. The van der Waals surface area contributed by atoms with Crippen molar-refractivity contribution in [1.82, 2.24) is 50.2 Å². The van der Waals surface area contributed by atoms with Crippen LogP contribution in [0.2, 0.25) is 0 Å². The summed E-state index contributed by atoms with van der Waals surface area (Å²) in [5.41, 5.74) is -0.227. The Morgan fingerprint density at radius 3 is 1.73 bits per heavy atom. The highest BCUT2D eigenvalue weighted by atomic mass is 32.2. The fourth-order valence-corrected chi connectivity index (χ4v) is 11.7. The first-order chi connectivity index (χ1) is 38.9. The summed E-state index contributed by atoms with van der Waals surface area (Å²) >= 11 is 0. The van der Waals surface area contributed by atoms with Gasteiger partial charge in [-0.1, -0.05) is 78.3 Å². The molecule has 10 atom stereocenters. The van der Waals surface area contributed by atoms with E-state index >= 15 is 0 Å². The largest absolute Gasteiger partial charge is 0.391 e. The lowest BCUT2D eigenvalue weighted by molar-refractivity contribution is -0.151. The third-order valence-electron chi connectivity index (χ3n) is 15.7. The number of hydrogen-bond acceptors (Lipinski definition) is 14. The van der Waals surface area contributed by atoms with Crippen LogP contribution in [0.5, 0.6) is 0 Å². The molecule has 84 heavy (non-hydrogen) atoms.